The Kier molecular flexibility index (Phi) is 3.73. The topological polar surface area (TPSA) is 86.5 Å². The van der Waals surface area contributed by atoms with E-state index in [0.29, 0.717) is 5.56 Å². The van der Waals surface area contributed by atoms with Crippen LogP contribution in [0.4, 0.5) is 0 Å². The zero-order chi connectivity index (χ0) is 18.3. The number of furan rings is 1. The van der Waals surface area contributed by atoms with E-state index >= 15 is 0 Å². The number of nitrogens with zero attached hydrogens (tertiary/aromatic N) is 1. The van der Waals surface area contributed by atoms with Crippen molar-refractivity contribution in [2.45, 2.75) is 6.92 Å². The fourth-order valence-electron chi connectivity index (χ4n) is 3.01. The summed E-state index contributed by atoms with van der Waals surface area (Å²) in [6, 6.07) is 11.9. The maximum Gasteiger partial charge on any atom is 0.342 e. The van der Waals surface area contributed by atoms with Gasteiger partial charge in [-0.1, -0.05) is 30.3 Å². The summed E-state index contributed by atoms with van der Waals surface area (Å²) in [6.45, 7) is 1.80. The number of pyridine rings is 1. The highest BCUT2D eigenvalue weighted by molar-refractivity contribution is 6.30. The highest BCUT2D eigenvalue weighted by Crippen LogP contribution is 2.37. The quantitative estimate of drug-likeness (QED) is 0.529. The Hall–Kier alpha value is -3.54. The predicted molar refractivity (Wildman–Crippen MR) is 91.2 cm³/mol. The van der Waals surface area contributed by atoms with Crippen molar-refractivity contribution in [2.24, 2.45) is 0 Å². The van der Waals surface area contributed by atoms with Crippen LogP contribution >= 0.6 is 0 Å². The first-order chi connectivity index (χ1) is 12.6. The van der Waals surface area contributed by atoms with Gasteiger partial charge in [0, 0.05) is 11.8 Å². The lowest BCUT2D eigenvalue weighted by atomic mass is 9.89. The van der Waals surface area contributed by atoms with Crippen LogP contribution in [0.1, 0.15) is 49.5 Å². The van der Waals surface area contributed by atoms with Crippen molar-refractivity contribution < 1.29 is 23.5 Å². The minimum atomic E-state index is -0.704. The molecule has 0 bridgehead atoms. The predicted octanol–water partition coefficient (Wildman–Crippen LogP) is 3.29. The fourth-order valence-corrected chi connectivity index (χ4v) is 3.01. The summed E-state index contributed by atoms with van der Waals surface area (Å²) < 4.78 is 10.8. The highest BCUT2D eigenvalue weighted by Gasteiger charge is 2.40. The molecular weight excluding hydrogens is 334 g/mol. The number of ether oxygens (including phenoxy) is 1. The summed E-state index contributed by atoms with van der Waals surface area (Å²) in [5, 5.41) is 0. The summed E-state index contributed by atoms with van der Waals surface area (Å²) in [4.78, 5) is 42.3. The Morgan fingerprint density at radius 1 is 1.04 bits per heavy atom. The Morgan fingerprint density at radius 3 is 2.54 bits per heavy atom. The van der Waals surface area contributed by atoms with Gasteiger partial charge in [0.25, 0.3) is 0 Å². The molecule has 4 rings (SSSR count). The van der Waals surface area contributed by atoms with Crippen molar-refractivity contribution in [1.82, 2.24) is 4.98 Å². The number of benzene rings is 1. The molecule has 0 N–H and O–H groups in total. The van der Waals surface area contributed by atoms with E-state index in [1.807, 2.05) is 6.07 Å². The number of hydrogen-bond acceptors (Lipinski definition) is 6. The third-order valence-electron chi connectivity index (χ3n) is 4.12. The second-order valence-corrected chi connectivity index (χ2v) is 5.65. The molecule has 6 nitrogen and oxygen atoms in total. The van der Waals surface area contributed by atoms with Gasteiger partial charge in [0.15, 0.2) is 11.5 Å². The third-order valence-corrected chi connectivity index (χ3v) is 4.12. The van der Waals surface area contributed by atoms with Gasteiger partial charge in [-0.2, -0.15) is 0 Å². The van der Waals surface area contributed by atoms with Crippen molar-refractivity contribution in [2.75, 3.05) is 6.61 Å². The molecule has 0 amide bonds. The molecule has 0 unspecified atom stereocenters. The van der Waals surface area contributed by atoms with E-state index in [1.165, 1.54) is 12.3 Å². The van der Waals surface area contributed by atoms with E-state index in [2.05, 4.69) is 4.98 Å². The Balaban J connectivity index is 2.01. The lowest BCUT2D eigenvalue weighted by Gasteiger charge is -2.12. The lowest BCUT2D eigenvalue weighted by Crippen LogP contribution is -2.23. The van der Waals surface area contributed by atoms with Gasteiger partial charge in [0.2, 0.25) is 5.78 Å². The van der Waals surface area contributed by atoms with Gasteiger partial charge in [-0.25, -0.2) is 4.79 Å². The SMILES string of the molecule is CCOC(=O)c1c(-c2ccccc2)oc2c1C(=O)c1cccnc1C2=O. The van der Waals surface area contributed by atoms with Crippen molar-refractivity contribution in [3.05, 3.63) is 76.8 Å². The molecule has 0 fully saturated rings. The number of rotatable bonds is 3. The van der Waals surface area contributed by atoms with Crippen LogP contribution in [0.2, 0.25) is 0 Å². The van der Waals surface area contributed by atoms with Gasteiger partial charge in [-0.15, -0.1) is 0 Å². The average Bonchev–Trinajstić information content (AvgIpc) is 3.08. The second-order valence-electron chi connectivity index (χ2n) is 5.65. The molecule has 26 heavy (non-hydrogen) atoms. The zero-order valence-corrected chi connectivity index (χ0v) is 13.8. The van der Waals surface area contributed by atoms with E-state index in [9.17, 15) is 14.4 Å². The van der Waals surface area contributed by atoms with Crippen LogP contribution in [0.5, 0.6) is 0 Å². The average molecular weight is 347 g/mol. The molecule has 6 heteroatoms. The van der Waals surface area contributed by atoms with Crippen LogP contribution in [0, 0.1) is 0 Å². The molecule has 2 heterocycles. The minimum Gasteiger partial charge on any atom is -0.462 e. The first-order valence-corrected chi connectivity index (χ1v) is 8.07. The van der Waals surface area contributed by atoms with Crippen LogP contribution in [0.3, 0.4) is 0 Å². The molecule has 0 radical (unpaired) electrons. The fraction of sp³-hybridized carbons (Fsp3) is 0.100. The summed E-state index contributed by atoms with van der Waals surface area (Å²) in [5.74, 6) is -1.74. The number of carbonyl (C=O) groups is 3. The summed E-state index contributed by atoms with van der Waals surface area (Å²) in [7, 11) is 0. The second kappa shape index (κ2) is 6.07. The van der Waals surface area contributed by atoms with E-state index in [4.69, 9.17) is 9.15 Å². The van der Waals surface area contributed by atoms with Crippen LogP contribution in [-0.4, -0.2) is 29.1 Å². The third kappa shape index (κ3) is 2.27. The number of carbonyl (C=O) groups excluding carboxylic acids is 3. The van der Waals surface area contributed by atoms with Crippen molar-refractivity contribution in [1.29, 1.82) is 0 Å². The summed E-state index contributed by atoms with van der Waals surface area (Å²) in [6.07, 6.45) is 1.43. The molecule has 0 saturated carbocycles. The standard InChI is InChI=1S/C20H13NO5/c1-2-25-20(24)14-13-16(22)12-9-6-10-21-15(12)17(23)19(13)26-18(14)11-7-4-3-5-8-11/h3-10H,2H2,1H3. The van der Waals surface area contributed by atoms with E-state index in [1.54, 1.807) is 37.3 Å². The Labute approximate surface area is 148 Å². The van der Waals surface area contributed by atoms with Gasteiger partial charge < -0.3 is 9.15 Å². The molecule has 0 saturated heterocycles. The molecule has 1 aliphatic rings. The largest absolute Gasteiger partial charge is 0.462 e. The van der Waals surface area contributed by atoms with E-state index < -0.39 is 17.5 Å². The van der Waals surface area contributed by atoms with Gasteiger partial charge in [0.1, 0.15) is 17.0 Å². The molecule has 3 aromatic rings. The maximum atomic E-state index is 13.0. The molecule has 0 atom stereocenters. The van der Waals surface area contributed by atoms with Gasteiger partial charge in [-0.05, 0) is 19.1 Å². The Bertz CT molecular complexity index is 1050. The molecule has 1 aliphatic carbocycles. The van der Waals surface area contributed by atoms with Crippen LogP contribution < -0.4 is 0 Å². The zero-order valence-electron chi connectivity index (χ0n) is 13.8. The Morgan fingerprint density at radius 2 is 1.81 bits per heavy atom. The summed E-state index contributed by atoms with van der Waals surface area (Å²) in [5.41, 5.74) is 0.654. The number of hydrogen-bond donors (Lipinski definition) is 0. The first kappa shape index (κ1) is 16.0. The molecular formula is C20H13NO5. The first-order valence-electron chi connectivity index (χ1n) is 8.07. The lowest BCUT2D eigenvalue weighted by molar-refractivity contribution is 0.0524. The molecule has 0 spiro atoms. The highest BCUT2D eigenvalue weighted by atomic mass is 16.5. The molecule has 128 valence electrons. The van der Waals surface area contributed by atoms with Crippen molar-refractivity contribution >= 4 is 17.5 Å². The van der Waals surface area contributed by atoms with Crippen molar-refractivity contribution in [3.8, 4) is 11.3 Å². The minimum absolute atomic E-state index is 0.0220. The van der Waals surface area contributed by atoms with E-state index in [-0.39, 0.29) is 40.5 Å². The smallest absolute Gasteiger partial charge is 0.342 e. The molecule has 2 aromatic heterocycles. The maximum absolute atomic E-state index is 13.0. The van der Waals surface area contributed by atoms with Gasteiger partial charge in [0.05, 0.1) is 17.7 Å². The van der Waals surface area contributed by atoms with Gasteiger partial charge >= 0.3 is 5.97 Å². The van der Waals surface area contributed by atoms with Crippen molar-refractivity contribution in [3.63, 3.8) is 0 Å². The number of esters is 1. The van der Waals surface area contributed by atoms with Crippen LogP contribution in [0.15, 0.2) is 53.1 Å². The monoisotopic (exact) mass is 347 g/mol. The van der Waals surface area contributed by atoms with Gasteiger partial charge in [-0.3, -0.25) is 14.6 Å². The number of fused-ring (bicyclic) bond motifs is 2. The molecule has 1 aromatic carbocycles. The van der Waals surface area contributed by atoms with E-state index in [0.717, 1.165) is 0 Å². The molecule has 0 aliphatic heterocycles. The summed E-state index contributed by atoms with van der Waals surface area (Å²) >= 11 is 0. The normalized spacial score (nSPS) is 12.5. The number of aromatic nitrogens is 1. The number of ketones is 2. The van der Waals surface area contributed by atoms with Crippen LogP contribution in [0.25, 0.3) is 11.3 Å². The van der Waals surface area contributed by atoms with Crippen LogP contribution in [-0.2, 0) is 4.74 Å².